The van der Waals surface area contributed by atoms with Crippen LogP contribution >= 0.6 is 0 Å². The van der Waals surface area contributed by atoms with E-state index in [2.05, 4.69) is 5.10 Å². The summed E-state index contributed by atoms with van der Waals surface area (Å²) in [6, 6.07) is 28.7. The van der Waals surface area contributed by atoms with Crippen LogP contribution in [0.3, 0.4) is 0 Å². The van der Waals surface area contributed by atoms with Gasteiger partial charge in [0, 0.05) is 5.56 Å². The van der Waals surface area contributed by atoms with Gasteiger partial charge in [-0.25, -0.2) is 9.78 Å². The van der Waals surface area contributed by atoms with Crippen LogP contribution in [0, 0.1) is 6.92 Å². The lowest BCUT2D eigenvalue weighted by Gasteiger charge is -2.11. The summed E-state index contributed by atoms with van der Waals surface area (Å²) < 4.78 is 12.3. The van der Waals surface area contributed by atoms with Crippen LogP contribution in [-0.4, -0.2) is 29.0 Å². The molecule has 0 radical (unpaired) electrons. The Labute approximate surface area is 213 Å². The molecular weight excluding hydrogens is 466 g/mol. The van der Waals surface area contributed by atoms with Gasteiger partial charge in [-0.05, 0) is 55.0 Å². The first-order valence-electron chi connectivity index (χ1n) is 11.6. The van der Waals surface area contributed by atoms with Gasteiger partial charge in [0.05, 0.1) is 29.8 Å². The van der Waals surface area contributed by atoms with Gasteiger partial charge in [0.25, 0.3) is 5.56 Å². The van der Waals surface area contributed by atoms with Gasteiger partial charge in [-0.1, -0.05) is 60.2 Å². The zero-order valence-electron chi connectivity index (χ0n) is 20.3. The monoisotopic (exact) mass is 489 g/mol. The van der Waals surface area contributed by atoms with Crippen LogP contribution in [0.2, 0.25) is 0 Å². The summed E-state index contributed by atoms with van der Waals surface area (Å²) in [6.07, 6.45) is 1.54. The Bertz CT molecular complexity index is 1670. The van der Waals surface area contributed by atoms with Crippen molar-refractivity contribution >= 4 is 23.1 Å². The highest BCUT2D eigenvalue weighted by atomic mass is 16.6. The molecule has 0 fully saturated rings. The van der Waals surface area contributed by atoms with E-state index in [4.69, 9.17) is 14.5 Å². The number of hydrogen-bond acceptors (Lipinski definition) is 6. The van der Waals surface area contributed by atoms with E-state index >= 15 is 0 Å². The molecule has 0 aliphatic rings. The third-order valence-electron chi connectivity index (χ3n) is 5.79. The van der Waals surface area contributed by atoms with E-state index in [0.29, 0.717) is 33.6 Å². The van der Waals surface area contributed by atoms with Crippen LogP contribution < -0.4 is 15.0 Å². The lowest BCUT2D eigenvalue weighted by Crippen LogP contribution is -2.20. The summed E-state index contributed by atoms with van der Waals surface area (Å²) >= 11 is 0. The number of benzene rings is 4. The molecule has 7 heteroatoms. The Morgan fingerprint density at radius 2 is 1.62 bits per heavy atom. The van der Waals surface area contributed by atoms with Gasteiger partial charge in [0.15, 0.2) is 17.3 Å². The number of hydrogen-bond donors (Lipinski definition) is 0. The summed E-state index contributed by atoms with van der Waals surface area (Å²) in [5, 5.41) is 4.96. The number of esters is 1. The molecule has 0 saturated carbocycles. The quantitative estimate of drug-likeness (QED) is 0.179. The van der Waals surface area contributed by atoms with Crippen molar-refractivity contribution in [2.45, 2.75) is 6.92 Å². The summed E-state index contributed by atoms with van der Waals surface area (Å²) in [7, 11) is 1.49. The average Bonchev–Trinajstić information content (AvgIpc) is 2.94. The van der Waals surface area contributed by atoms with Crippen molar-refractivity contribution in [3.8, 4) is 22.9 Å². The number of rotatable bonds is 6. The number of methoxy groups -OCH3 is 1. The van der Waals surface area contributed by atoms with Crippen LogP contribution in [0.1, 0.15) is 21.5 Å². The molecular formula is C30H23N3O4. The van der Waals surface area contributed by atoms with E-state index in [9.17, 15) is 9.59 Å². The molecule has 5 aromatic rings. The molecule has 0 saturated heterocycles. The second kappa shape index (κ2) is 10.3. The van der Waals surface area contributed by atoms with Crippen molar-refractivity contribution in [2.24, 2.45) is 5.10 Å². The van der Waals surface area contributed by atoms with Crippen LogP contribution in [0.15, 0.2) is 107 Å². The topological polar surface area (TPSA) is 82.8 Å². The molecule has 182 valence electrons. The van der Waals surface area contributed by atoms with Gasteiger partial charge in [0.1, 0.15) is 0 Å². The van der Waals surface area contributed by atoms with E-state index in [1.807, 2.05) is 49.4 Å². The predicted molar refractivity (Wildman–Crippen MR) is 144 cm³/mol. The van der Waals surface area contributed by atoms with E-state index in [0.717, 1.165) is 11.1 Å². The second-order valence-corrected chi connectivity index (χ2v) is 8.35. The number of para-hydroxylation sites is 1. The van der Waals surface area contributed by atoms with Crippen molar-refractivity contribution in [1.29, 1.82) is 0 Å². The molecule has 1 heterocycles. The van der Waals surface area contributed by atoms with E-state index < -0.39 is 5.97 Å². The smallest absolute Gasteiger partial charge is 0.343 e. The number of aryl methyl sites for hydroxylation is 1. The minimum absolute atomic E-state index is 0.276. The largest absolute Gasteiger partial charge is 0.493 e. The number of carbonyl (C=O) groups excluding carboxylic acids is 1. The molecule has 4 aromatic carbocycles. The van der Waals surface area contributed by atoms with E-state index in [1.54, 1.807) is 60.8 Å². The van der Waals surface area contributed by atoms with Gasteiger partial charge < -0.3 is 9.47 Å². The highest BCUT2D eigenvalue weighted by Gasteiger charge is 2.14. The zero-order valence-corrected chi connectivity index (χ0v) is 20.3. The molecule has 0 bridgehead atoms. The molecule has 0 amide bonds. The van der Waals surface area contributed by atoms with E-state index in [1.165, 1.54) is 11.8 Å². The minimum Gasteiger partial charge on any atom is -0.493 e. The molecule has 0 spiro atoms. The summed E-state index contributed by atoms with van der Waals surface area (Å²) in [6.45, 7) is 2.00. The standard InChI is InChI=1S/C30H23N3O4/c1-20-12-15-22(16-13-20)28-32-25-11-7-6-10-24(25)29(34)33(28)31-19-21-14-17-26(27(18-21)36-2)37-30(35)23-8-4-3-5-9-23/h3-19H,1-2H3. The first kappa shape index (κ1) is 23.7. The van der Waals surface area contributed by atoms with Gasteiger partial charge in [-0.3, -0.25) is 4.79 Å². The molecule has 5 rings (SSSR count). The van der Waals surface area contributed by atoms with Crippen LogP contribution in [0.25, 0.3) is 22.3 Å². The highest BCUT2D eigenvalue weighted by Crippen LogP contribution is 2.28. The third kappa shape index (κ3) is 5.01. The fourth-order valence-corrected chi connectivity index (χ4v) is 3.83. The van der Waals surface area contributed by atoms with Crippen LogP contribution in [-0.2, 0) is 0 Å². The molecule has 37 heavy (non-hydrogen) atoms. The maximum atomic E-state index is 13.4. The third-order valence-corrected chi connectivity index (χ3v) is 5.79. The average molecular weight is 490 g/mol. The van der Waals surface area contributed by atoms with Crippen molar-refractivity contribution < 1.29 is 14.3 Å². The van der Waals surface area contributed by atoms with Crippen molar-refractivity contribution in [2.75, 3.05) is 7.11 Å². The fourth-order valence-electron chi connectivity index (χ4n) is 3.83. The highest BCUT2D eigenvalue weighted by molar-refractivity contribution is 5.91. The second-order valence-electron chi connectivity index (χ2n) is 8.35. The fraction of sp³-hybridized carbons (Fsp3) is 0.0667. The Kier molecular flexibility index (Phi) is 6.59. The van der Waals surface area contributed by atoms with E-state index in [-0.39, 0.29) is 11.3 Å². The van der Waals surface area contributed by atoms with Crippen LogP contribution in [0.5, 0.6) is 11.5 Å². The number of ether oxygens (including phenoxy) is 2. The van der Waals surface area contributed by atoms with Crippen molar-refractivity contribution in [3.05, 3.63) is 124 Å². The molecule has 0 aliphatic carbocycles. The predicted octanol–water partition coefficient (Wildman–Crippen LogP) is 5.48. The number of carbonyl (C=O) groups is 1. The van der Waals surface area contributed by atoms with Crippen LogP contribution in [0.4, 0.5) is 0 Å². The first-order valence-corrected chi connectivity index (χ1v) is 11.6. The first-order chi connectivity index (χ1) is 18.0. The Hall–Kier alpha value is -5.04. The zero-order chi connectivity index (χ0) is 25.8. The number of fused-ring (bicyclic) bond motifs is 1. The van der Waals surface area contributed by atoms with Gasteiger partial charge in [-0.2, -0.15) is 9.78 Å². The normalized spacial score (nSPS) is 11.1. The van der Waals surface area contributed by atoms with Gasteiger partial charge >= 0.3 is 5.97 Å². The number of nitrogens with zero attached hydrogens (tertiary/aromatic N) is 3. The molecule has 0 atom stereocenters. The molecule has 0 aliphatic heterocycles. The van der Waals surface area contributed by atoms with Gasteiger partial charge in [-0.15, -0.1) is 0 Å². The number of aromatic nitrogens is 2. The summed E-state index contributed by atoms with van der Waals surface area (Å²) in [5.41, 5.74) is 3.26. The SMILES string of the molecule is COc1cc(C=Nn2c(-c3ccc(C)cc3)nc3ccccc3c2=O)ccc1OC(=O)c1ccccc1. The summed E-state index contributed by atoms with van der Waals surface area (Å²) in [5.74, 6) is 0.575. The molecule has 0 N–H and O–H groups in total. The molecule has 7 nitrogen and oxygen atoms in total. The Morgan fingerprint density at radius 3 is 2.38 bits per heavy atom. The Balaban J connectivity index is 1.51. The summed E-state index contributed by atoms with van der Waals surface area (Å²) in [4.78, 5) is 30.6. The molecule has 0 unspecified atom stereocenters. The van der Waals surface area contributed by atoms with Gasteiger partial charge in [0.2, 0.25) is 0 Å². The Morgan fingerprint density at radius 1 is 0.892 bits per heavy atom. The van der Waals surface area contributed by atoms with Crippen molar-refractivity contribution in [1.82, 2.24) is 9.66 Å². The maximum Gasteiger partial charge on any atom is 0.343 e. The minimum atomic E-state index is -0.489. The molecule has 1 aromatic heterocycles. The lowest BCUT2D eigenvalue weighted by atomic mass is 10.1. The lowest BCUT2D eigenvalue weighted by molar-refractivity contribution is 0.0729. The van der Waals surface area contributed by atoms with Crippen molar-refractivity contribution in [3.63, 3.8) is 0 Å². The maximum absolute atomic E-state index is 13.4.